The Labute approximate surface area is 170 Å². The van der Waals surface area contributed by atoms with Crippen LogP contribution in [-0.4, -0.2) is 12.6 Å². The van der Waals surface area contributed by atoms with Gasteiger partial charge >= 0.3 is 5.97 Å². The molecule has 0 aromatic heterocycles. The molecule has 6 aliphatic carbocycles. The van der Waals surface area contributed by atoms with Gasteiger partial charge in [-0.2, -0.15) is 0 Å². The summed E-state index contributed by atoms with van der Waals surface area (Å²) in [6.07, 6.45) is 18.1. The van der Waals surface area contributed by atoms with Crippen molar-refractivity contribution in [1.29, 1.82) is 0 Å². The van der Waals surface area contributed by atoms with Crippen LogP contribution in [-0.2, 0) is 9.53 Å². The summed E-state index contributed by atoms with van der Waals surface area (Å²) >= 11 is 0. The SMILES string of the molecule is CCC(CC)(COC(=O)C1CC2CC1C1C3C=CC(C3)C21)C12CCC(CC1)C2. The lowest BCUT2D eigenvalue weighted by molar-refractivity contribution is -0.160. The lowest BCUT2D eigenvalue weighted by atomic mass is 9.59. The molecule has 0 spiro atoms. The van der Waals surface area contributed by atoms with Crippen LogP contribution in [0, 0.1) is 58.2 Å². The Kier molecular flexibility index (Phi) is 3.93. The first-order valence-corrected chi connectivity index (χ1v) is 12.4. The third-order valence-electron chi connectivity index (χ3n) is 11.3. The molecule has 28 heavy (non-hydrogen) atoms. The molecule has 6 rings (SSSR count). The Bertz CT molecular complexity index is 681. The molecule has 5 fully saturated rings. The predicted octanol–water partition coefficient (Wildman–Crippen LogP) is 6.01. The Morgan fingerprint density at radius 3 is 2.39 bits per heavy atom. The van der Waals surface area contributed by atoms with Crippen molar-refractivity contribution >= 4 is 5.97 Å². The molecular weight excluding hydrogens is 344 g/mol. The Morgan fingerprint density at radius 1 is 1.04 bits per heavy atom. The van der Waals surface area contributed by atoms with E-state index in [0.717, 1.165) is 41.9 Å². The van der Waals surface area contributed by atoms with Crippen LogP contribution < -0.4 is 0 Å². The summed E-state index contributed by atoms with van der Waals surface area (Å²) in [6, 6.07) is 0. The van der Waals surface area contributed by atoms with E-state index < -0.39 is 0 Å². The predicted molar refractivity (Wildman–Crippen MR) is 110 cm³/mol. The summed E-state index contributed by atoms with van der Waals surface area (Å²) in [6.45, 7) is 5.39. The Morgan fingerprint density at radius 2 is 1.75 bits per heavy atom. The fraction of sp³-hybridized carbons (Fsp3) is 0.885. The summed E-state index contributed by atoms with van der Waals surface area (Å²) < 4.78 is 6.26. The van der Waals surface area contributed by atoms with Crippen LogP contribution in [0.1, 0.15) is 78.1 Å². The van der Waals surface area contributed by atoms with E-state index in [2.05, 4.69) is 26.0 Å². The van der Waals surface area contributed by atoms with Gasteiger partial charge in [0.2, 0.25) is 0 Å². The van der Waals surface area contributed by atoms with Crippen molar-refractivity contribution in [1.82, 2.24) is 0 Å². The summed E-state index contributed by atoms with van der Waals surface area (Å²) in [5.74, 6) is 6.10. The molecule has 0 heterocycles. The molecule has 0 N–H and O–H groups in total. The van der Waals surface area contributed by atoms with Crippen LogP contribution in [0.4, 0.5) is 0 Å². The van der Waals surface area contributed by atoms with Crippen molar-refractivity contribution in [2.45, 2.75) is 78.1 Å². The molecule has 7 unspecified atom stereocenters. The highest BCUT2D eigenvalue weighted by Gasteiger charge is 2.63. The molecule has 0 aromatic rings. The van der Waals surface area contributed by atoms with E-state index in [0.29, 0.717) is 17.9 Å². The molecule has 6 bridgehead atoms. The summed E-state index contributed by atoms with van der Waals surface area (Å²) in [4.78, 5) is 13.3. The zero-order valence-corrected chi connectivity index (χ0v) is 17.9. The number of allylic oxidation sites excluding steroid dienone is 2. The normalized spacial score (nSPS) is 49.9. The number of fused-ring (bicyclic) bond motifs is 11. The van der Waals surface area contributed by atoms with Gasteiger partial charge in [0.25, 0.3) is 0 Å². The second kappa shape index (κ2) is 6.11. The van der Waals surface area contributed by atoms with Crippen molar-refractivity contribution < 1.29 is 9.53 Å². The van der Waals surface area contributed by atoms with E-state index in [1.807, 2.05) is 0 Å². The summed E-state index contributed by atoms with van der Waals surface area (Å²) in [5.41, 5.74) is 0.694. The smallest absolute Gasteiger partial charge is 0.309 e. The molecule has 7 atom stereocenters. The van der Waals surface area contributed by atoms with Gasteiger partial charge in [-0.1, -0.05) is 26.0 Å². The maximum absolute atomic E-state index is 13.3. The van der Waals surface area contributed by atoms with Crippen molar-refractivity contribution in [3.63, 3.8) is 0 Å². The van der Waals surface area contributed by atoms with Gasteiger partial charge < -0.3 is 4.74 Å². The second-order valence-corrected chi connectivity index (χ2v) is 11.6. The topological polar surface area (TPSA) is 26.3 Å². The highest BCUT2D eigenvalue weighted by molar-refractivity contribution is 5.73. The molecule has 154 valence electrons. The van der Waals surface area contributed by atoms with Gasteiger partial charge in [-0.15, -0.1) is 0 Å². The van der Waals surface area contributed by atoms with Gasteiger partial charge in [0, 0.05) is 5.41 Å². The molecule has 0 saturated heterocycles. The molecule has 0 radical (unpaired) electrons. The maximum Gasteiger partial charge on any atom is 0.309 e. The van der Waals surface area contributed by atoms with E-state index in [1.54, 1.807) is 0 Å². The lowest BCUT2D eigenvalue weighted by Crippen LogP contribution is -2.44. The Hall–Kier alpha value is -0.790. The first-order valence-electron chi connectivity index (χ1n) is 12.4. The monoisotopic (exact) mass is 382 g/mol. The van der Waals surface area contributed by atoms with E-state index in [4.69, 9.17) is 4.74 Å². The van der Waals surface area contributed by atoms with Gasteiger partial charge in [-0.25, -0.2) is 0 Å². The first kappa shape index (κ1) is 18.0. The number of esters is 1. The molecule has 2 nitrogen and oxygen atoms in total. The van der Waals surface area contributed by atoms with Gasteiger partial charge in [-0.3, -0.25) is 4.79 Å². The largest absolute Gasteiger partial charge is 0.465 e. The molecule has 2 heteroatoms. The average Bonchev–Trinajstić information content (AvgIpc) is 3.55. The van der Waals surface area contributed by atoms with Crippen LogP contribution >= 0.6 is 0 Å². The minimum absolute atomic E-state index is 0.174. The number of ether oxygens (including phenoxy) is 1. The third kappa shape index (κ3) is 2.19. The van der Waals surface area contributed by atoms with Gasteiger partial charge in [0.05, 0.1) is 12.5 Å². The van der Waals surface area contributed by atoms with E-state index >= 15 is 0 Å². The van der Waals surface area contributed by atoms with Crippen molar-refractivity contribution in [2.75, 3.05) is 6.61 Å². The van der Waals surface area contributed by atoms with Gasteiger partial charge in [0.1, 0.15) is 0 Å². The Balaban J connectivity index is 1.16. The number of carbonyl (C=O) groups excluding carboxylic acids is 1. The average molecular weight is 383 g/mol. The second-order valence-electron chi connectivity index (χ2n) is 11.6. The van der Waals surface area contributed by atoms with Gasteiger partial charge in [-0.05, 0) is 111 Å². The summed E-state index contributed by atoms with van der Waals surface area (Å²) in [7, 11) is 0. The van der Waals surface area contributed by atoms with Gasteiger partial charge in [0.15, 0.2) is 0 Å². The molecule has 6 aliphatic rings. The molecular formula is C26H38O2. The third-order valence-corrected chi connectivity index (χ3v) is 11.3. The van der Waals surface area contributed by atoms with Crippen LogP contribution in [0.25, 0.3) is 0 Å². The standard InChI is InChI=1S/C26H38O2/c1-3-25(4-2,26-9-7-16(14-26)8-10-26)15-28-24(27)21-13-19-12-20(21)23-18-6-5-17(11-18)22(19)23/h5-6,16-23H,3-4,7-15H2,1-2H3. The fourth-order valence-electron chi connectivity index (χ4n) is 9.90. The highest BCUT2D eigenvalue weighted by atomic mass is 16.5. The quantitative estimate of drug-likeness (QED) is 0.319. The number of carbonyl (C=O) groups is 1. The van der Waals surface area contributed by atoms with E-state index in [1.165, 1.54) is 57.8 Å². The number of hydrogen-bond donors (Lipinski definition) is 0. The van der Waals surface area contributed by atoms with Crippen molar-refractivity contribution in [2.24, 2.45) is 58.2 Å². The minimum atomic E-state index is 0.174. The number of hydrogen-bond acceptors (Lipinski definition) is 2. The zero-order valence-electron chi connectivity index (χ0n) is 17.9. The van der Waals surface area contributed by atoms with Crippen LogP contribution in [0.2, 0.25) is 0 Å². The molecule has 0 amide bonds. The zero-order chi connectivity index (χ0) is 19.1. The van der Waals surface area contributed by atoms with E-state index in [-0.39, 0.29) is 17.3 Å². The lowest BCUT2D eigenvalue weighted by Gasteiger charge is -2.47. The van der Waals surface area contributed by atoms with Crippen LogP contribution in [0.15, 0.2) is 12.2 Å². The highest BCUT2D eigenvalue weighted by Crippen LogP contribution is 2.68. The fourth-order valence-corrected chi connectivity index (χ4v) is 9.90. The van der Waals surface area contributed by atoms with Crippen LogP contribution in [0.5, 0.6) is 0 Å². The maximum atomic E-state index is 13.3. The number of rotatable bonds is 6. The van der Waals surface area contributed by atoms with Crippen molar-refractivity contribution in [3.05, 3.63) is 12.2 Å². The molecule has 0 aromatic carbocycles. The molecule has 5 saturated carbocycles. The van der Waals surface area contributed by atoms with Crippen molar-refractivity contribution in [3.8, 4) is 0 Å². The molecule has 0 aliphatic heterocycles. The van der Waals surface area contributed by atoms with Crippen LogP contribution in [0.3, 0.4) is 0 Å². The van der Waals surface area contributed by atoms with E-state index in [9.17, 15) is 4.79 Å². The first-order chi connectivity index (χ1) is 13.6. The summed E-state index contributed by atoms with van der Waals surface area (Å²) in [5, 5.41) is 0. The minimum Gasteiger partial charge on any atom is -0.465 e.